The molecule has 0 bridgehead atoms. The van der Waals surface area contributed by atoms with Crippen molar-refractivity contribution in [2.45, 2.75) is 38.5 Å². The zero-order valence-electron chi connectivity index (χ0n) is 7.86. The number of hydrogen-bond donors (Lipinski definition) is 0. The molecule has 1 aliphatic carbocycles. The van der Waals surface area contributed by atoms with Crippen molar-refractivity contribution < 1.29 is 42.8 Å². The van der Waals surface area contributed by atoms with Gasteiger partial charge in [0.25, 0.3) is 0 Å². The van der Waals surface area contributed by atoms with Crippen molar-refractivity contribution in [2.75, 3.05) is 6.61 Å². The largest absolute Gasteiger partial charge is 1.00 e. The minimum Gasteiger partial charge on any atom is -0.856 e. The molecular weight excluding hydrogens is 126 g/mol. The van der Waals surface area contributed by atoms with Crippen molar-refractivity contribution in [1.29, 1.82) is 0 Å². The summed E-state index contributed by atoms with van der Waals surface area (Å²) in [6.45, 7) is 0.106. The molecule has 0 aliphatic heterocycles. The summed E-state index contributed by atoms with van der Waals surface area (Å²) in [7, 11) is 0. The predicted octanol–water partition coefficient (Wildman–Crippen LogP) is -4.72. The van der Waals surface area contributed by atoms with Gasteiger partial charge in [-0.3, -0.25) is 0 Å². The Morgan fingerprint density at radius 3 is 2.00 bits per heavy atom. The molecule has 0 radical (unpaired) electrons. The van der Waals surface area contributed by atoms with Crippen molar-refractivity contribution in [3.63, 3.8) is 0 Å². The van der Waals surface area contributed by atoms with Crippen LogP contribution in [-0.4, -0.2) is 6.61 Å². The van der Waals surface area contributed by atoms with Gasteiger partial charge >= 0.3 is 37.7 Å². The third-order valence-corrected chi connectivity index (χ3v) is 2.02. The fourth-order valence-electron chi connectivity index (χ4n) is 1.45. The van der Waals surface area contributed by atoms with Gasteiger partial charge in [0.05, 0.1) is 0 Å². The topological polar surface area (TPSA) is 23.1 Å². The second-order valence-electron chi connectivity index (χ2n) is 2.76. The van der Waals surface area contributed by atoms with Gasteiger partial charge in [-0.05, 0) is 0 Å². The van der Waals surface area contributed by atoms with Gasteiger partial charge < -0.3 is 11.0 Å². The van der Waals surface area contributed by atoms with Crippen molar-refractivity contribution in [2.24, 2.45) is 0 Å². The van der Waals surface area contributed by atoms with Crippen molar-refractivity contribution in [1.82, 2.24) is 0 Å². The first kappa shape index (κ1) is 14.7. The second-order valence-corrected chi connectivity index (χ2v) is 2.76. The van der Waals surface area contributed by atoms with Crippen LogP contribution < -0.4 is 42.8 Å². The molecule has 0 aromatic rings. The third-order valence-electron chi connectivity index (χ3n) is 2.02. The van der Waals surface area contributed by atoms with Gasteiger partial charge in [0.1, 0.15) is 0 Å². The molecule has 0 aromatic heterocycles. The standard InChI is InChI=1S/C8H14O.2Li/c9-7-6-8-4-2-1-3-5-8;;/h1-7H2;;/q-2;2*+1. The molecule has 0 spiro atoms. The van der Waals surface area contributed by atoms with E-state index in [1.807, 2.05) is 0 Å². The van der Waals surface area contributed by atoms with Crippen LogP contribution >= 0.6 is 0 Å². The molecule has 0 atom stereocenters. The van der Waals surface area contributed by atoms with Crippen LogP contribution in [0, 0.1) is 5.92 Å². The smallest absolute Gasteiger partial charge is 0.856 e. The van der Waals surface area contributed by atoms with Gasteiger partial charge in [0, 0.05) is 0 Å². The van der Waals surface area contributed by atoms with E-state index in [0.29, 0.717) is 0 Å². The fourth-order valence-corrected chi connectivity index (χ4v) is 1.45. The molecule has 11 heavy (non-hydrogen) atoms. The van der Waals surface area contributed by atoms with Gasteiger partial charge in [-0.25, -0.2) is 0 Å². The second kappa shape index (κ2) is 9.24. The SMILES string of the molecule is [Li+].[Li+].[O-]CC[C-]1CCCCC1. The van der Waals surface area contributed by atoms with Crippen LogP contribution in [0.25, 0.3) is 0 Å². The van der Waals surface area contributed by atoms with Gasteiger partial charge in [-0.2, -0.15) is 25.9 Å². The molecule has 1 saturated carbocycles. The Kier molecular flexibility index (Phi) is 12.3. The molecule has 0 aromatic carbocycles. The summed E-state index contributed by atoms with van der Waals surface area (Å²) in [6.07, 6.45) is 7.36. The van der Waals surface area contributed by atoms with E-state index in [1.54, 1.807) is 0 Å². The Morgan fingerprint density at radius 2 is 1.55 bits per heavy atom. The van der Waals surface area contributed by atoms with E-state index >= 15 is 0 Å². The minimum absolute atomic E-state index is 0. The summed E-state index contributed by atoms with van der Waals surface area (Å²) < 4.78 is 0. The Labute approximate surface area is 93.7 Å². The molecule has 1 aliphatic rings. The average molecular weight is 140 g/mol. The summed E-state index contributed by atoms with van der Waals surface area (Å²) in [5.41, 5.74) is 0. The van der Waals surface area contributed by atoms with Crippen LogP contribution in [0.4, 0.5) is 0 Å². The summed E-state index contributed by atoms with van der Waals surface area (Å²) in [4.78, 5) is 0. The maximum absolute atomic E-state index is 10.2. The Hall–Kier alpha value is 1.15. The summed E-state index contributed by atoms with van der Waals surface area (Å²) in [5.74, 6) is 1.52. The molecule has 3 heteroatoms. The van der Waals surface area contributed by atoms with Gasteiger partial charge in [-0.15, -0.1) is 0 Å². The van der Waals surface area contributed by atoms with E-state index in [-0.39, 0.29) is 44.3 Å². The summed E-state index contributed by atoms with van der Waals surface area (Å²) >= 11 is 0. The summed E-state index contributed by atoms with van der Waals surface area (Å²) in [5, 5.41) is 10.2. The Bertz CT molecular complexity index is 69.7. The number of hydrogen-bond acceptors (Lipinski definition) is 1. The minimum atomic E-state index is 0. The predicted molar refractivity (Wildman–Crippen MR) is 35.8 cm³/mol. The van der Waals surface area contributed by atoms with E-state index in [0.717, 1.165) is 6.42 Å². The zero-order chi connectivity index (χ0) is 6.53. The summed E-state index contributed by atoms with van der Waals surface area (Å²) in [6, 6.07) is 0. The molecule has 0 N–H and O–H groups in total. The Balaban J connectivity index is 0. The van der Waals surface area contributed by atoms with Crippen molar-refractivity contribution in [3.05, 3.63) is 5.92 Å². The van der Waals surface area contributed by atoms with E-state index in [4.69, 9.17) is 0 Å². The van der Waals surface area contributed by atoms with E-state index in [1.165, 1.54) is 38.0 Å². The van der Waals surface area contributed by atoms with Gasteiger partial charge in [-0.1, -0.05) is 19.3 Å². The van der Waals surface area contributed by atoms with E-state index in [2.05, 4.69) is 0 Å². The quantitative estimate of drug-likeness (QED) is 0.279. The first-order valence-electron chi connectivity index (χ1n) is 3.85. The number of rotatable bonds is 2. The fraction of sp³-hybridized carbons (Fsp3) is 0.875. The van der Waals surface area contributed by atoms with Crippen LogP contribution in [-0.2, 0) is 0 Å². The average Bonchev–Trinajstić information content (AvgIpc) is 1.91. The normalized spacial score (nSPS) is 18.3. The van der Waals surface area contributed by atoms with E-state index in [9.17, 15) is 5.11 Å². The van der Waals surface area contributed by atoms with Crippen LogP contribution in [0.2, 0.25) is 0 Å². The molecule has 1 rings (SSSR count). The molecule has 54 valence electrons. The first-order valence-corrected chi connectivity index (χ1v) is 3.85. The monoisotopic (exact) mass is 140 g/mol. The molecule has 1 nitrogen and oxygen atoms in total. The maximum atomic E-state index is 10.2. The van der Waals surface area contributed by atoms with Crippen LogP contribution in [0.15, 0.2) is 0 Å². The van der Waals surface area contributed by atoms with Crippen molar-refractivity contribution in [3.8, 4) is 0 Å². The Morgan fingerprint density at radius 1 is 1.00 bits per heavy atom. The van der Waals surface area contributed by atoms with Crippen LogP contribution in [0.3, 0.4) is 0 Å². The molecule has 0 amide bonds. The molecule has 0 saturated heterocycles. The van der Waals surface area contributed by atoms with E-state index < -0.39 is 0 Å². The third kappa shape index (κ3) is 6.33. The molecule has 1 fully saturated rings. The zero-order valence-corrected chi connectivity index (χ0v) is 7.86. The molecule has 0 heterocycles. The maximum Gasteiger partial charge on any atom is 1.00 e. The molecule has 0 unspecified atom stereocenters. The van der Waals surface area contributed by atoms with Crippen molar-refractivity contribution >= 4 is 0 Å². The van der Waals surface area contributed by atoms with Gasteiger partial charge in [0.15, 0.2) is 0 Å². The van der Waals surface area contributed by atoms with Crippen LogP contribution in [0.5, 0.6) is 0 Å². The van der Waals surface area contributed by atoms with Gasteiger partial charge in [0.2, 0.25) is 0 Å². The molecular formula is C8H14Li2O. The first-order chi connectivity index (χ1) is 4.43. The van der Waals surface area contributed by atoms with Crippen LogP contribution in [0.1, 0.15) is 38.5 Å².